The van der Waals surface area contributed by atoms with E-state index >= 15 is 0 Å². The highest BCUT2D eigenvalue weighted by Crippen LogP contribution is 2.18. The van der Waals surface area contributed by atoms with Crippen LogP contribution in [0.25, 0.3) is 0 Å². The number of unbranched alkanes of at least 4 members (excludes halogenated alkanes) is 44. The zero-order valence-electron chi connectivity index (χ0n) is 55.5. The molecule has 0 radical (unpaired) electrons. The topological polar surface area (TPSA) is 78.9 Å². The third kappa shape index (κ3) is 69.5. The highest BCUT2D eigenvalue weighted by atomic mass is 16.6. The van der Waals surface area contributed by atoms with E-state index in [1.165, 1.54) is 263 Å². The summed E-state index contributed by atoms with van der Waals surface area (Å²) < 4.78 is 17.0. The summed E-state index contributed by atoms with van der Waals surface area (Å²) in [4.78, 5) is 38.5. The van der Waals surface area contributed by atoms with E-state index in [1.807, 2.05) is 0 Å². The molecule has 0 rings (SSSR count). The molecule has 0 aliphatic heterocycles. The van der Waals surface area contributed by atoms with Gasteiger partial charge in [0.1, 0.15) is 13.2 Å². The van der Waals surface area contributed by atoms with E-state index in [0.29, 0.717) is 19.3 Å². The number of hydrogen-bond donors (Lipinski definition) is 0. The minimum absolute atomic E-state index is 0.0759. The van der Waals surface area contributed by atoms with Crippen LogP contribution in [0.3, 0.4) is 0 Å². The van der Waals surface area contributed by atoms with Gasteiger partial charge in [0, 0.05) is 19.3 Å². The van der Waals surface area contributed by atoms with Crippen LogP contribution in [-0.4, -0.2) is 37.2 Å². The summed E-state index contributed by atoms with van der Waals surface area (Å²) in [5.41, 5.74) is 0. The molecular formula is C77H138O6. The molecule has 0 heterocycles. The molecular weight excluding hydrogens is 1020 g/mol. The number of carbonyl (C=O) groups excluding carboxylic acids is 3. The van der Waals surface area contributed by atoms with Gasteiger partial charge in [-0.25, -0.2) is 0 Å². The van der Waals surface area contributed by atoms with Crippen molar-refractivity contribution in [2.45, 2.75) is 386 Å². The van der Waals surface area contributed by atoms with Crippen molar-refractivity contribution in [2.24, 2.45) is 0 Å². The first-order valence-electron chi connectivity index (χ1n) is 36.4. The minimum atomic E-state index is -0.781. The Morgan fingerprint density at radius 2 is 0.434 bits per heavy atom. The Bertz CT molecular complexity index is 1520. The molecule has 0 fully saturated rings. The third-order valence-electron chi connectivity index (χ3n) is 16.2. The van der Waals surface area contributed by atoms with Crippen LogP contribution in [0.5, 0.6) is 0 Å². The van der Waals surface area contributed by atoms with E-state index in [2.05, 4.69) is 93.7 Å². The first kappa shape index (κ1) is 79.8. The molecule has 0 amide bonds. The SMILES string of the molecule is CCCCC/C=C\C/C=C\CCCCCCCCCCCC(=O)OC(COC(=O)CCCCCCCCC/C=C\CCCCCCCC)COC(=O)CCCCCCCCCCCCCCCC/C=C\C/C=C\C/C=C\CCCCCCC. The van der Waals surface area contributed by atoms with Gasteiger partial charge in [0.05, 0.1) is 0 Å². The third-order valence-corrected chi connectivity index (χ3v) is 16.2. The van der Waals surface area contributed by atoms with Gasteiger partial charge in [-0.3, -0.25) is 14.4 Å². The predicted molar refractivity (Wildman–Crippen MR) is 362 cm³/mol. The molecule has 0 aromatic carbocycles. The Labute approximate surface area is 516 Å². The molecule has 0 aromatic rings. The van der Waals surface area contributed by atoms with Crippen LogP contribution in [0, 0.1) is 0 Å². The van der Waals surface area contributed by atoms with Crippen LogP contribution >= 0.6 is 0 Å². The molecule has 0 bridgehead atoms. The average Bonchev–Trinajstić information content (AvgIpc) is 3.49. The van der Waals surface area contributed by atoms with Gasteiger partial charge in [-0.15, -0.1) is 0 Å². The largest absolute Gasteiger partial charge is 0.462 e. The molecule has 0 aliphatic rings. The van der Waals surface area contributed by atoms with Crippen molar-refractivity contribution < 1.29 is 28.6 Å². The van der Waals surface area contributed by atoms with Gasteiger partial charge < -0.3 is 14.2 Å². The zero-order valence-corrected chi connectivity index (χ0v) is 55.5. The first-order valence-corrected chi connectivity index (χ1v) is 36.4. The lowest BCUT2D eigenvalue weighted by Gasteiger charge is -2.18. The fourth-order valence-electron chi connectivity index (χ4n) is 10.7. The average molecular weight is 1160 g/mol. The van der Waals surface area contributed by atoms with Crippen LogP contribution in [0.2, 0.25) is 0 Å². The second kappa shape index (κ2) is 71.3. The predicted octanol–water partition coefficient (Wildman–Crippen LogP) is 25.2. The smallest absolute Gasteiger partial charge is 0.306 e. The lowest BCUT2D eigenvalue weighted by atomic mass is 10.0. The molecule has 0 spiro atoms. The lowest BCUT2D eigenvalue weighted by molar-refractivity contribution is -0.167. The number of ether oxygens (including phenoxy) is 3. The number of esters is 3. The maximum Gasteiger partial charge on any atom is 0.306 e. The summed E-state index contributed by atoms with van der Waals surface area (Å²) in [5.74, 6) is -0.863. The molecule has 83 heavy (non-hydrogen) atoms. The number of carbonyl (C=O) groups is 3. The van der Waals surface area contributed by atoms with Crippen molar-refractivity contribution in [1.29, 1.82) is 0 Å². The van der Waals surface area contributed by atoms with Crippen LogP contribution in [-0.2, 0) is 28.6 Å². The van der Waals surface area contributed by atoms with Crippen LogP contribution in [0.4, 0.5) is 0 Å². The van der Waals surface area contributed by atoms with Crippen molar-refractivity contribution in [2.75, 3.05) is 13.2 Å². The van der Waals surface area contributed by atoms with E-state index in [0.717, 1.165) is 77.0 Å². The molecule has 0 saturated heterocycles. The standard InChI is InChI=1S/C77H138O6/c1-4-7-10-13-16-19-22-25-28-31-33-34-35-36-37-38-39-40-41-42-44-46-49-52-55-58-61-64-67-70-76(79)82-73-74(72-81-75(78)69-66-63-60-57-54-51-48-45-30-27-24-21-18-15-12-9-6-3)83-77(80)71-68-65-62-59-56-53-50-47-43-32-29-26-23-20-17-14-11-8-5-2/h17,20,22,25-27,29-31,33,35-36,74H,4-16,18-19,21,23-24,28,32,34,37-73H2,1-3H3/b20-17-,25-22-,29-26-,30-27-,33-31-,36-35-. The zero-order chi connectivity index (χ0) is 59.9. The highest BCUT2D eigenvalue weighted by Gasteiger charge is 2.19. The Morgan fingerprint density at radius 3 is 0.711 bits per heavy atom. The van der Waals surface area contributed by atoms with Crippen LogP contribution in [0.1, 0.15) is 380 Å². The van der Waals surface area contributed by atoms with E-state index in [9.17, 15) is 14.4 Å². The van der Waals surface area contributed by atoms with Gasteiger partial charge in [0.25, 0.3) is 0 Å². The summed E-state index contributed by atoms with van der Waals surface area (Å²) in [6, 6.07) is 0. The summed E-state index contributed by atoms with van der Waals surface area (Å²) in [5, 5.41) is 0. The summed E-state index contributed by atoms with van der Waals surface area (Å²) >= 11 is 0. The molecule has 0 N–H and O–H groups in total. The summed E-state index contributed by atoms with van der Waals surface area (Å²) in [6.45, 7) is 6.65. The molecule has 0 aromatic heterocycles. The van der Waals surface area contributed by atoms with E-state index in [4.69, 9.17) is 14.2 Å². The number of hydrogen-bond acceptors (Lipinski definition) is 6. The quantitative estimate of drug-likeness (QED) is 0.0261. The molecule has 6 heteroatoms. The van der Waals surface area contributed by atoms with Crippen molar-refractivity contribution >= 4 is 17.9 Å². The van der Waals surface area contributed by atoms with Crippen molar-refractivity contribution in [3.63, 3.8) is 0 Å². The number of rotatable bonds is 67. The van der Waals surface area contributed by atoms with E-state index in [-0.39, 0.29) is 31.1 Å². The second-order valence-electron chi connectivity index (χ2n) is 24.5. The molecule has 482 valence electrons. The molecule has 1 atom stereocenters. The summed E-state index contributed by atoms with van der Waals surface area (Å²) in [6.07, 6.45) is 93.5. The molecule has 1 unspecified atom stereocenters. The normalized spacial score (nSPS) is 12.5. The fraction of sp³-hybridized carbons (Fsp3) is 0.805. The van der Waals surface area contributed by atoms with Crippen LogP contribution < -0.4 is 0 Å². The molecule has 0 saturated carbocycles. The van der Waals surface area contributed by atoms with Gasteiger partial charge >= 0.3 is 17.9 Å². The van der Waals surface area contributed by atoms with Crippen LogP contribution in [0.15, 0.2) is 72.9 Å². The Hall–Kier alpha value is -3.15. The maximum absolute atomic E-state index is 13.0. The van der Waals surface area contributed by atoms with Gasteiger partial charge in [0.2, 0.25) is 0 Å². The lowest BCUT2D eigenvalue weighted by Crippen LogP contribution is -2.30. The fourth-order valence-corrected chi connectivity index (χ4v) is 10.7. The van der Waals surface area contributed by atoms with Crippen molar-refractivity contribution in [1.82, 2.24) is 0 Å². The van der Waals surface area contributed by atoms with Gasteiger partial charge in [-0.1, -0.05) is 318 Å². The second-order valence-corrected chi connectivity index (χ2v) is 24.5. The van der Waals surface area contributed by atoms with Gasteiger partial charge in [0.15, 0.2) is 6.10 Å². The molecule has 0 aliphatic carbocycles. The van der Waals surface area contributed by atoms with E-state index in [1.54, 1.807) is 0 Å². The Balaban J connectivity index is 4.29. The Morgan fingerprint density at radius 1 is 0.241 bits per heavy atom. The first-order chi connectivity index (χ1) is 41.0. The van der Waals surface area contributed by atoms with Crippen molar-refractivity contribution in [3.8, 4) is 0 Å². The maximum atomic E-state index is 13.0. The van der Waals surface area contributed by atoms with Crippen molar-refractivity contribution in [3.05, 3.63) is 72.9 Å². The van der Waals surface area contributed by atoms with Gasteiger partial charge in [-0.05, 0) is 116 Å². The van der Waals surface area contributed by atoms with Gasteiger partial charge in [-0.2, -0.15) is 0 Å². The minimum Gasteiger partial charge on any atom is -0.462 e. The molecule has 6 nitrogen and oxygen atoms in total. The highest BCUT2D eigenvalue weighted by molar-refractivity contribution is 5.71. The van der Waals surface area contributed by atoms with E-state index < -0.39 is 6.10 Å². The monoisotopic (exact) mass is 1160 g/mol. The Kier molecular flexibility index (Phi) is 68.6. The number of allylic oxidation sites excluding steroid dienone is 12. The summed E-state index contributed by atoms with van der Waals surface area (Å²) in [7, 11) is 0.